The third-order valence-electron chi connectivity index (χ3n) is 5.29. The van der Waals surface area contributed by atoms with Crippen LogP contribution < -0.4 is 15.4 Å². The Morgan fingerprint density at radius 2 is 2.03 bits per heavy atom. The SMILES string of the molecule is COc1cc(NC(=O)Nc2cccc(CN(C(=O)O)[C@H]3CCOC3)c2)ccc1-c1cnco1. The van der Waals surface area contributed by atoms with Gasteiger partial charge >= 0.3 is 12.1 Å². The number of anilines is 2. The number of hydrogen-bond acceptors (Lipinski definition) is 6. The van der Waals surface area contributed by atoms with E-state index in [4.69, 9.17) is 13.9 Å². The maximum Gasteiger partial charge on any atom is 0.407 e. The Hall–Kier alpha value is -4.05. The molecule has 0 unspecified atom stereocenters. The van der Waals surface area contributed by atoms with Gasteiger partial charge in [-0.3, -0.25) is 4.90 Å². The molecule has 1 atom stereocenters. The van der Waals surface area contributed by atoms with E-state index in [1.165, 1.54) is 18.4 Å². The van der Waals surface area contributed by atoms with Gasteiger partial charge < -0.3 is 29.6 Å². The Morgan fingerprint density at radius 1 is 1.21 bits per heavy atom. The highest BCUT2D eigenvalue weighted by Crippen LogP contribution is 2.32. The number of hydrogen-bond donors (Lipinski definition) is 3. The molecule has 1 saturated heterocycles. The van der Waals surface area contributed by atoms with Crippen LogP contribution in [0.1, 0.15) is 12.0 Å². The number of urea groups is 1. The summed E-state index contributed by atoms with van der Waals surface area (Å²) in [5.74, 6) is 1.08. The zero-order valence-corrected chi connectivity index (χ0v) is 18.0. The summed E-state index contributed by atoms with van der Waals surface area (Å²) >= 11 is 0. The van der Waals surface area contributed by atoms with E-state index in [1.807, 2.05) is 6.07 Å². The minimum absolute atomic E-state index is 0.169. The Bertz CT molecular complexity index is 1110. The van der Waals surface area contributed by atoms with E-state index in [2.05, 4.69) is 15.6 Å². The van der Waals surface area contributed by atoms with Crippen LogP contribution in [0.5, 0.6) is 5.75 Å². The van der Waals surface area contributed by atoms with Crippen LogP contribution >= 0.6 is 0 Å². The lowest BCUT2D eigenvalue weighted by molar-refractivity contribution is 0.108. The highest BCUT2D eigenvalue weighted by Gasteiger charge is 2.27. The predicted molar refractivity (Wildman–Crippen MR) is 120 cm³/mol. The lowest BCUT2D eigenvalue weighted by Gasteiger charge is -2.25. The molecule has 10 heteroatoms. The molecule has 2 aromatic carbocycles. The number of nitrogens with one attached hydrogen (secondary N) is 2. The first kappa shape index (κ1) is 22.2. The van der Waals surface area contributed by atoms with E-state index in [0.29, 0.717) is 48.1 Å². The first-order chi connectivity index (χ1) is 16.0. The van der Waals surface area contributed by atoms with Crippen LogP contribution in [0.15, 0.2) is 59.5 Å². The number of benzene rings is 2. The minimum atomic E-state index is -0.996. The molecular weight excluding hydrogens is 428 g/mol. The van der Waals surface area contributed by atoms with E-state index in [0.717, 1.165) is 5.56 Å². The molecule has 1 aliphatic rings. The summed E-state index contributed by atoms with van der Waals surface area (Å²) in [4.78, 5) is 29.5. The normalized spacial score (nSPS) is 15.1. The van der Waals surface area contributed by atoms with Gasteiger partial charge in [0.2, 0.25) is 0 Å². The van der Waals surface area contributed by atoms with Crippen molar-refractivity contribution in [2.24, 2.45) is 0 Å². The molecule has 0 radical (unpaired) electrons. The van der Waals surface area contributed by atoms with Crippen molar-refractivity contribution in [1.82, 2.24) is 9.88 Å². The maximum absolute atomic E-state index is 12.5. The molecule has 4 rings (SSSR count). The first-order valence-electron chi connectivity index (χ1n) is 10.3. The Labute approximate surface area is 190 Å². The lowest BCUT2D eigenvalue weighted by Crippen LogP contribution is -2.39. The van der Waals surface area contributed by atoms with E-state index in [1.54, 1.807) is 42.6 Å². The number of oxazole rings is 1. The molecule has 3 N–H and O–H groups in total. The third-order valence-corrected chi connectivity index (χ3v) is 5.29. The number of rotatable bonds is 7. The fourth-order valence-electron chi connectivity index (χ4n) is 3.68. The van der Waals surface area contributed by atoms with Crippen molar-refractivity contribution in [3.8, 4) is 17.1 Å². The van der Waals surface area contributed by atoms with Crippen LogP contribution in [0.2, 0.25) is 0 Å². The van der Waals surface area contributed by atoms with Gasteiger partial charge in [0, 0.05) is 30.6 Å². The summed E-state index contributed by atoms with van der Waals surface area (Å²) in [7, 11) is 1.53. The van der Waals surface area contributed by atoms with Gasteiger partial charge in [-0.05, 0) is 36.2 Å². The summed E-state index contributed by atoms with van der Waals surface area (Å²) in [5.41, 5.74) is 2.55. The van der Waals surface area contributed by atoms with E-state index < -0.39 is 12.1 Å². The highest BCUT2D eigenvalue weighted by atomic mass is 16.5. The fourth-order valence-corrected chi connectivity index (χ4v) is 3.68. The first-order valence-corrected chi connectivity index (χ1v) is 10.3. The second-order valence-corrected chi connectivity index (χ2v) is 7.49. The molecule has 1 fully saturated rings. The smallest absolute Gasteiger partial charge is 0.407 e. The van der Waals surface area contributed by atoms with Crippen LogP contribution in [-0.2, 0) is 11.3 Å². The van der Waals surface area contributed by atoms with E-state index in [-0.39, 0.29) is 12.6 Å². The molecule has 0 spiro atoms. The Morgan fingerprint density at radius 3 is 2.70 bits per heavy atom. The second kappa shape index (κ2) is 10.0. The molecular formula is C23H24N4O6. The number of nitrogens with zero attached hydrogens (tertiary/aromatic N) is 2. The topological polar surface area (TPSA) is 126 Å². The number of carbonyl (C=O) groups excluding carboxylic acids is 1. The molecule has 0 aliphatic carbocycles. The van der Waals surface area contributed by atoms with Crippen LogP contribution in [0.25, 0.3) is 11.3 Å². The van der Waals surface area contributed by atoms with Gasteiger partial charge in [-0.1, -0.05) is 12.1 Å². The molecule has 33 heavy (non-hydrogen) atoms. The molecule has 3 amide bonds. The van der Waals surface area contributed by atoms with Crippen LogP contribution in [0, 0.1) is 0 Å². The van der Waals surface area contributed by atoms with Crippen LogP contribution in [0.4, 0.5) is 21.0 Å². The number of carbonyl (C=O) groups is 2. The van der Waals surface area contributed by atoms with Crippen molar-refractivity contribution in [2.75, 3.05) is 31.0 Å². The Balaban J connectivity index is 1.41. The van der Waals surface area contributed by atoms with Crippen molar-refractivity contribution in [3.05, 3.63) is 60.6 Å². The minimum Gasteiger partial charge on any atom is -0.496 e. The number of carboxylic acid groups (broad SMARTS) is 1. The lowest BCUT2D eigenvalue weighted by atomic mass is 10.1. The number of methoxy groups -OCH3 is 1. The van der Waals surface area contributed by atoms with Crippen LogP contribution in [-0.4, -0.2) is 53.5 Å². The monoisotopic (exact) mass is 452 g/mol. The van der Waals surface area contributed by atoms with Crippen molar-refractivity contribution < 1.29 is 28.6 Å². The zero-order valence-electron chi connectivity index (χ0n) is 18.0. The maximum atomic E-state index is 12.5. The largest absolute Gasteiger partial charge is 0.496 e. The van der Waals surface area contributed by atoms with E-state index >= 15 is 0 Å². The molecule has 172 valence electrons. The molecule has 0 bridgehead atoms. The zero-order chi connectivity index (χ0) is 23.2. The second-order valence-electron chi connectivity index (χ2n) is 7.49. The summed E-state index contributed by atoms with van der Waals surface area (Å²) in [6.45, 7) is 1.16. The average Bonchev–Trinajstić information content (AvgIpc) is 3.52. The van der Waals surface area contributed by atoms with Gasteiger partial charge in [0.05, 0.1) is 31.5 Å². The summed E-state index contributed by atoms with van der Waals surface area (Å²) < 4.78 is 16.0. The summed E-state index contributed by atoms with van der Waals surface area (Å²) in [6, 6.07) is 11.6. The van der Waals surface area contributed by atoms with Crippen molar-refractivity contribution in [3.63, 3.8) is 0 Å². The summed E-state index contributed by atoms with van der Waals surface area (Å²) in [6.07, 6.45) is 2.59. The molecule has 10 nitrogen and oxygen atoms in total. The van der Waals surface area contributed by atoms with Gasteiger partial charge in [-0.25, -0.2) is 14.6 Å². The Kier molecular flexibility index (Phi) is 6.75. The standard InChI is InChI=1S/C23H24N4O6/c1-31-20-10-17(5-6-19(20)21-11-24-14-33-21)26-22(28)25-16-4-2-3-15(9-16)12-27(23(29)30)18-7-8-32-13-18/h2-6,9-11,14,18H,7-8,12-13H2,1H3,(H,29,30)(H2,25,26,28)/t18-/m0/s1. The average molecular weight is 452 g/mol. The number of amides is 3. The predicted octanol–water partition coefficient (Wildman–Crippen LogP) is 4.26. The number of ether oxygens (including phenoxy) is 2. The van der Waals surface area contributed by atoms with Gasteiger partial charge in [0.25, 0.3) is 0 Å². The van der Waals surface area contributed by atoms with Crippen molar-refractivity contribution >= 4 is 23.5 Å². The summed E-state index contributed by atoms with van der Waals surface area (Å²) in [5, 5.41) is 15.1. The van der Waals surface area contributed by atoms with Gasteiger partial charge in [0.1, 0.15) is 5.75 Å². The van der Waals surface area contributed by atoms with Crippen LogP contribution in [0.3, 0.4) is 0 Å². The molecule has 2 heterocycles. The third kappa shape index (κ3) is 5.42. The van der Waals surface area contributed by atoms with Gasteiger partial charge in [0.15, 0.2) is 12.2 Å². The van der Waals surface area contributed by atoms with Gasteiger partial charge in [-0.2, -0.15) is 0 Å². The fraction of sp³-hybridized carbons (Fsp3) is 0.261. The quantitative estimate of drug-likeness (QED) is 0.489. The highest BCUT2D eigenvalue weighted by molar-refractivity contribution is 6.00. The van der Waals surface area contributed by atoms with E-state index in [9.17, 15) is 14.7 Å². The molecule has 1 aromatic heterocycles. The van der Waals surface area contributed by atoms with Gasteiger partial charge in [-0.15, -0.1) is 0 Å². The molecule has 1 aliphatic heterocycles. The van der Waals surface area contributed by atoms with Crippen molar-refractivity contribution in [2.45, 2.75) is 19.0 Å². The van der Waals surface area contributed by atoms with Crippen molar-refractivity contribution in [1.29, 1.82) is 0 Å². The molecule has 3 aromatic rings. The molecule has 0 saturated carbocycles. The number of aromatic nitrogens is 1.